The van der Waals surface area contributed by atoms with E-state index in [1.807, 2.05) is 11.9 Å². The lowest BCUT2D eigenvalue weighted by atomic mass is 10.2. The summed E-state index contributed by atoms with van der Waals surface area (Å²) in [6, 6.07) is -0.263. The lowest BCUT2D eigenvalue weighted by Gasteiger charge is -2.16. The molecule has 0 aliphatic carbocycles. The lowest BCUT2D eigenvalue weighted by molar-refractivity contribution is -0.115. The summed E-state index contributed by atoms with van der Waals surface area (Å²) in [5.74, 6) is 0. The largest absolute Gasteiger partial charge is 0.391 e. The standard InChI is InChI=1S/C6H10INO2/c1-8-3-2-4(9)5(8)6(7)10/h4-5,9H,2-3H2,1H3/t4-,5-/m0/s1. The number of aliphatic hydroxyl groups excluding tert-OH is 1. The van der Waals surface area contributed by atoms with Gasteiger partial charge in [0.25, 0.3) is 0 Å². The van der Waals surface area contributed by atoms with E-state index in [0.717, 1.165) is 13.0 Å². The molecule has 0 amide bonds. The van der Waals surface area contributed by atoms with Crippen LogP contribution in [0.4, 0.5) is 0 Å². The fraction of sp³-hybridized carbons (Fsp3) is 0.833. The number of halogens is 1. The summed E-state index contributed by atoms with van der Waals surface area (Å²) in [7, 11) is 1.86. The van der Waals surface area contributed by atoms with Crippen molar-refractivity contribution in [3.63, 3.8) is 0 Å². The van der Waals surface area contributed by atoms with Gasteiger partial charge >= 0.3 is 0 Å². The van der Waals surface area contributed by atoms with Crippen LogP contribution in [0.25, 0.3) is 0 Å². The van der Waals surface area contributed by atoms with Crippen molar-refractivity contribution >= 4 is 26.4 Å². The van der Waals surface area contributed by atoms with Crippen LogP contribution in [0.5, 0.6) is 0 Å². The highest BCUT2D eigenvalue weighted by Gasteiger charge is 2.34. The molecular formula is C6H10INO2. The van der Waals surface area contributed by atoms with Crippen molar-refractivity contribution in [2.45, 2.75) is 18.6 Å². The van der Waals surface area contributed by atoms with Crippen LogP contribution in [0.1, 0.15) is 6.42 Å². The van der Waals surface area contributed by atoms with Crippen molar-refractivity contribution in [1.82, 2.24) is 4.90 Å². The van der Waals surface area contributed by atoms with Crippen LogP contribution >= 0.6 is 22.6 Å². The number of nitrogens with zero attached hydrogens (tertiary/aromatic N) is 1. The number of carbonyl (C=O) groups excluding carboxylic acids is 1. The molecule has 3 nitrogen and oxygen atoms in total. The molecule has 0 aromatic heterocycles. The summed E-state index contributed by atoms with van der Waals surface area (Å²) in [5.41, 5.74) is 0. The average Bonchev–Trinajstić information content (AvgIpc) is 2.11. The number of rotatable bonds is 1. The zero-order valence-corrected chi connectivity index (χ0v) is 7.91. The highest BCUT2D eigenvalue weighted by Crippen LogP contribution is 2.18. The highest BCUT2D eigenvalue weighted by molar-refractivity contribution is 14.1. The van der Waals surface area contributed by atoms with Gasteiger partial charge in [-0.25, -0.2) is 0 Å². The lowest BCUT2D eigenvalue weighted by Crippen LogP contribution is -2.36. The van der Waals surface area contributed by atoms with E-state index < -0.39 is 6.10 Å². The van der Waals surface area contributed by atoms with Crippen LogP contribution in [0.3, 0.4) is 0 Å². The summed E-state index contributed by atoms with van der Waals surface area (Å²) in [5, 5.41) is 9.26. The quantitative estimate of drug-likeness (QED) is 0.530. The van der Waals surface area contributed by atoms with Gasteiger partial charge in [-0.15, -0.1) is 0 Å². The third-order valence-electron chi connectivity index (χ3n) is 1.85. The predicted molar refractivity (Wildman–Crippen MR) is 46.1 cm³/mol. The zero-order chi connectivity index (χ0) is 7.72. The number of carbonyl (C=O) groups is 1. The van der Waals surface area contributed by atoms with Crippen LogP contribution in [-0.4, -0.2) is 39.5 Å². The molecule has 0 bridgehead atoms. The van der Waals surface area contributed by atoms with E-state index in [4.69, 9.17) is 0 Å². The second-order valence-corrected chi connectivity index (χ2v) is 3.65. The fourth-order valence-corrected chi connectivity index (χ4v) is 2.14. The summed E-state index contributed by atoms with van der Waals surface area (Å²) < 4.78 is 0.0325. The van der Waals surface area contributed by atoms with Gasteiger partial charge in [0, 0.05) is 29.1 Å². The summed E-state index contributed by atoms with van der Waals surface area (Å²) in [6.45, 7) is 0.820. The van der Waals surface area contributed by atoms with Crippen molar-refractivity contribution < 1.29 is 9.90 Å². The van der Waals surface area contributed by atoms with Crippen molar-refractivity contribution in [3.05, 3.63) is 0 Å². The maximum Gasteiger partial charge on any atom is 0.212 e. The van der Waals surface area contributed by atoms with Gasteiger partial charge in [-0.2, -0.15) is 0 Å². The van der Waals surface area contributed by atoms with Crippen molar-refractivity contribution in [2.75, 3.05) is 13.6 Å². The predicted octanol–water partition coefficient (Wildman–Crippen LogP) is 0.0130. The van der Waals surface area contributed by atoms with Crippen LogP contribution in [-0.2, 0) is 4.79 Å². The van der Waals surface area contributed by atoms with Crippen molar-refractivity contribution in [2.24, 2.45) is 0 Å². The van der Waals surface area contributed by atoms with E-state index in [-0.39, 0.29) is 9.83 Å². The van der Waals surface area contributed by atoms with E-state index in [2.05, 4.69) is 0 Å². The van der Waals surface area contributed by atoms with Gasteiger partial charge in [-0.1, -0.05) is 0 Å². The van der Waals surface area contributed by atoms with E-state index >= 15 is 0 Å². The first-order chi connectivity index (χ1) is 4.63. The maximum atomic E-state index is 10.9. The van der Waals surface area contributed by atoms with Gasteiger partial charge in [0.15, 0.2) is 0 Å². The van der Waals surface area contributed by atoms with Crippen LogP contribution < -0.4 is 0 Å². The molecule has 0 saturated carbocycles. The second-order valence-electron chi connectivity index (χ2n) is 2.59. The average molecular weight is 255 g/mol. The first-order valence-corrected chi connectivity index (χ1v) is 4.28. The third kappa shape index (κ3) is 1.49. The molecule has 4 heteroatoms. The molecule has 1 fully saturated rings. The molecule has 0 unspecified atom stereocenters. The van der Waals surface area contributed by atoms with Gasteiger partial charge < -0.3 is 5.11 Å². The van der Waals surface area contributed by atoms with E-state index in [1.165, 1.54) is 0 Å². The number of aliphatic hydroxyl groups is 1. The molecule has 2 atom stereocenters. The molecule has 1 aliphatic rings. The molecule has 0 aromatic rings. The van der Waals surface area contributed by atoms with Gasteiger partial charge in [0.05, 0.1) is 6.10 Å². The monoisotopic (exact) mass is 255 g/mol. The Labute approximate surface area is 73.5 Å². The molecular weight excluding hydrogens is 245 g/mol. The van der Waals surface area contributed by atoms with E-state index in [9.17, 15) is 9.90 Å². The maximum absolute atomic E-state index is 10.9. The Bertz CT molecular complexity index is 141. The Kier molecular flexibility index (Phi) is 2.65. The Hall–Kier alpha value is 0.320. The summed E-state index contributed by atoms with van der Waals surface area (Å²) in [6.07, 6.45) is 0.269. The van der Waals surface area contributed by atoms with Gasteiger partial charge in [0.1, 0.15) is 6.04 Å². The van der Waals surface area contributed by atoms with E-state index in [0.29, 0.717) is 0 Å². The van der Waals surface area contributed by atoms with Crippen molar-refractivity contribution in [3.8, 4) is 0 Å². The highest BCUT2D eigenvalue weighted by atomic mass is 127. The normalized spacial score (nSPS) is 34.7. The fourth-order valence-electron chi connectivity index (χ4n) is 1.25. The first kappa shape index (κ1) is 8.42. The molecule has 58 valence electrons. The molecule has 1 heterocycles. The molecule has 1 N–H and O–H groups in total. The minimum absolute atomic E-state index is 0.0325. The molecule has 1 aliphatic heterocycles. The first-order valence-electron chi connectivity index (χ1n) is 3.20. The zero-order valence-electron chi connectivity index (χ0n) is 5.75. The Morgan fingerprint density at radius 1 is 1.80 bits per heavy atom. The van der Waals surface area contributed by atoms with Gasteiger partial charge in [-0.3, -0.25) is 9.69 Å². The molecule has 0 spiro atoms. The van der Waals surface area contributed by atoms with Crippen LogP contribution in [0.2, 0.25) is 0 Å². The number of likely N-dealkylation sites (N-methyl/N-ethyl adjacent to an activating group) is 1. The Morgan fingerprint density at radius 3 is 2.60 bits per heavy atom. The Morgan fingerprint density at radius 2 is 2.40 bits per heavy atom. The molecule has 0 radical (unpaired) electrons. The minimum atomic E-state index is -0.450. The SMILES string of the molecule is CN1CC[C@H](O)[C@H]1C(=O)I. The number of hydrogen-bond acceptors (Lipinski definition) is 3. The van der Waals surface area contributed by atoms with Crippen LogP contribution in [0.15, 0.2) is 0 Å². The smallest absolute Gasteiger partial charge is 0.212 e. The Balaban J connectivity index is 2.63. The molecule has 0 aromatic carbocycles. The summed E-state index contributed by atoms with van der Waals surface area (Å²) >= 11 is 1.73. The minimum Gasteiger partial charge on any atom is -0.391 e. The van der Waals surface area contributed by atoms with Gasteiger partial charge in [0.2, 0.25) is 3.79 Å². The van der Waals surface area contributed by atoms with Crippen LogP contribution in [0, 0.1) is 0 Å². The van der Waals surface area contributed by atoms with Crippen molar-refractivity contribution in [1.29, 1.82) is 0 Å². The molecule has 1 rings (SSSR count). The molecule has 1 saturated heterocycles. The third-order valence-corrected chi connectivity index (χ3v) is 2.49. The molecule has 10 heavy (non-hydrogen) atoms. The number of hydrogen-bond donors (Lipinski definition) is 1. The van der Waals surface area contributed by atoms with Gasteiger partial charge in [-0.05, 0) is 13.5 Å². The summed E-state index contributed by atoms with van der Waals surface area (Å²) in [4.78, 5) is 12.7. The topological polar surface area (TPSA) is 40.5 Å². The number of likely N-dealkylation sites (tertiary alicyclic amines) is 1. The second kappa shape index (κ2) is 3.15. The van der Waals surface area contributed by atoms with E-state index in [1.54, 1.807) is 22.6 Å².